The molecule has 0 bridgehead atoms. The number of rotatable bonds is 3. The zero-order valence-corrected chi connectivity index (χ0v) is 8.03. The Morgan fingerprint density at radius 2 is 1.79 bits per heavy atom. The highest BCUT2D eigenvalue weighted by molar-refractivity contribution is 6.41. The van der Waals surface area contributed by atoms with Crippen molar-refractivity contribution in [2.75, 3.05) is 14.2 Å². The lowest BCUT2D eigenvalue weighted by molar-refractivity contribution is -0.132. The second kappa shape index (κ2) is 4.41. The monoisotopic (exact) mass is 193 g/mol. The molecular weight excluding hydrogens is 182 g/mol. The van der Waals surface area contributed by atoms with Gasteiger partial charge in [-0.3, -0.25) is 5.41 Å². The molecule has 1 aromatic rings. The predicted octanol–water partition coefficient (Wildman–Crippen LogP) is 1.24. The number of esters is 1. The van der Waals surface area contributed by atoms with Gasteiger partial charge in [0.1, 0.15) is 11.5 Å². The van der Waals surface area contributed by atoms with Crippen LogP contribution in [0.1, 0.15) is 5.56 Å². The van der Waals surface area contributed by atoms with E-state index in [1.165, 1.54) is 7.11 Å². The van der Waals surface area contributed by atoms with Gasteiger partial charge >= 0.3 is 5.97 Å². The van der Waals surface area contributed by atoms with Crippen molar-refractivity contribution in [3.63, 3.8) is 0 Å². The summed E-state index contributed by atoms with van der Waals surface area (Å²) in [5.41, 5.74) is 0.354. The van der Waals surface area contributed by atoms with E-state index in [2.05, 4.69) is 4.74 Å². The quantitative estimate of drug-likeness (QED) is 0.580. The molecule has 1 rings (SSSR count). The molecule has 0 fully saturated rings. The summed E-state index contributed by atoms with van der Waals surface area (Å²) in [5, 5.41) is 7.45. The molecule has 1 N–H and O–H groups in total. The van der Waals surface area contributed by atoms with Crippen LogP contribution in [0.2, 0.25) is 0 Å². The van der Waals surface area contributed by atoms with E-state index in [0.717, 1.165) is 0 Å². The fraction of sp³-hybridized carbons (Fsp3) is 0.200. The van der Waals surface area contributed by atoms with Gasteiger partial charge in [0.15, 0.2) is 0 Å². The minimum atomic E-state index is -0.643. The number of hydrogen-bond donors (Lipinski definition) is 1. The van der Waals surface area contributed by atoms with Crippen LogP contribution in [0, 0.1) is 5.41 Å². The maximum atomic E-state index is 11.0. The van der Waals surface area contributed by atoms with E-state index in [0.29, 0.717) is 11.3 Å². The smallest absolute Gasteiger partial charge is 0.356 e. The Morgan fingerprint density at radius 3 is 2.21 bits per heavy atom. The summed E-state index contributed by atoms with van der Waals surface area (Å²) >= 11 is 0. The molecule has 0 spiro atoms. The predicted molar refractivity (Wildman–Crippen MR) is 51.8 cm³/mol. The lowest BCUT2D eigenvalue weighted by Gasteiger charge is -2.03. The molecule has 4 heteroatoms. The number of methoxy groups -OCH3 is 2. The number of hydrogen-bond acceptors (Lipinski definition) is 4. The van der Waals surface area contributed by atoms with E-state index in [1.807, 2.05) is 0 Å². The van der Waals surface area contributed by atoms with E-state index < -0.39 is 5.97 Å². The van der Waals surface area contributed by atoms with Crippen molar-refractivity contribution >= 4 is 11.7 Å². The van der Waals surface area contributed by atoms with E-state index in [4.69, 9.17) is 10.1 Å². The molecule has 0 aliphatic rings. The zero-order valence-electron chi connectivity index (χ0n) is 8.03. The fourth-order valence-corrected chi connectivity index (χ4v) is 0.978. The maximum absolute atomic E-state index is 11.0. The Bertz CT molecular complexity index is 343. The van der Waals surface area contributed by atoms with E-state index in [1.54, 1.807) is 31.4 Å². The van der Waals surface area contributed by atoms with Gasteiger partial charge in [-0.15, -0.1) is 0 Å². The topological polar surface area (TPSA) is 59.4 Å². The molecule has 0 atom stereocenters. The number of nitrogens with one attached hydrogen (secondary N) is 1. The van der Waals surface area contributed by atoms with Crippen molar-refractivity contribution in [1.82, 2.24) is 0 Å². The molecule has 1 aromatic carbocycles. The van der Waals surface area contributed by atoms with Crippen LogP contribution in [-0.4, -0.2) is 25.9 Å². The highest BCUT2D eigenvalue weighted by atomic mass is 16.5. The van der Waals surface area contributed by atoms with Crippen LogP contribution in [0.15, 0.2) is 24.3 Å². The number of ether oxygens (including phenoxy) is 2. The van der Waals surface area contributed by atoms with Crippen LogP contribution in [0.5, 0.6) is 5.75 Å². The second-order valence-electron chi connectivity index (χ2n) is 2.60. The summed E-state index contributed by atoms with van der Waals surface area (Å²) in [4.78, 5) is 11.0. The van der Waals surface area contributed by atoms with Crippen molar-refractivity contribution in [1.29, 1.82) is 5.41 Å². The maximum Gasteiger partial charge on any atom is 0.356 e. The average molecular weight is 193 g/mol. The first-order valence-corrected chi connectivity index (χ1v) is 4.00. The van der Waals surface area contributed by atoms with Crippen LogP contribution in [-0.2, 0) is 9.53 Å². The Morgan fingerprint density at radius 1 is 1.21 bits per heavy atom. The molecular formula is C10H11NO3. The molecule has 0 heterocycles. The lowest BCUT2D eigenvalue weighted by Crippen LogP contribution is -2.15. The first kappa shape index (κ1) is 10.2. The van der Waals surface area contributed by atoms with Gasteiger partial charge < -0.3 is 9.47 Å². The molecule has 14 heavy (non-hydrogen) atoms. The first-order chi connectivity index (χ1) is 6.69. The van der Waals surface area contributed by atoms with E-state index >= 15 is 0 Å². The van der Waals surface area contributed by atoms with Crippen LogP contribution in [0.25, 0.3) is 0 Å². The SMILES string of the molecule is COC(=O)C(=N)c1ccc(OC)cc1. The van der Waals surface area contributed by atoms with Crippen LogP contribution in [0.4, 0.5) is 0 Å². The largest absolute Gasteiger partial charge is 0.497 e. The molecule has 0 radical (unpaired) electrons. The van der Waals surface area contributed by atoms with Crippen molar-refractivity contribution in [2.24, 2.45) is 0 Å². The highest BCUT2D eigenvalue weighted by Crippen LogP contribution is 2.11. The Kier molecular flexibility index (Phi) is 3.23. The summed E-state index contributed by atoms with van der Waals surface area (Å²) in [6.07, 6.45) is 0. The van der Waals surface area contributed by atoms with Crippen LogP contribution >= 0.6 is 0 Å². The first-order valence-electron chi connectivity index (χ1n) is 4.00. The van der Waals surface area contributed by atoms with Gasteiger partial charge in [0.25, 0.3) is 0 Å². The molecule has 0 aromatic heterocycles. The normalized spacial score (nSPS) is 9.29. The summed E-state index contributed by atoms with van der Waals surface area (Å²) in [6.45, 7) is 0. The third-order valence-corrected chi connectivity index (χ3v) is 1.77. The fourth-order valence-electron chi connectivity index (χ4n) is 0.978. The summed E-state index contributed by atoms with van der Waals surface area (Å²) in [7, 11) is 2.81. The van der Waals surface area contributed by atoms with Crippen molar-refractivity contribution in [2.45, 2.75) is 0 Å². The van der Waals surface area contributed by atoms with Gasteiger partial charge in [0.05, 0.1) is 14.2 Å². The lowest BCUT2D eigenvalue weighted by atomic mass is 10.1. The third-order valence-electron chi connectivity index (χ3n) is 1.77. The Hall–Kier alpha value is -1.84. The Balaban J connectivity index is 2.87. The highest BCUT2D eigenvalue weighted by Gasteiger charge is 2.11. The molecule has 0 saturated carbocycles. The number of benzene rings is 1. The molecule has 0 aliphatic heterocycles. The van der Waals surface area contributed by atoms with Crippen LogP contribution < -0.4 is 4.74 Å². The van der Waals surface area contributed by atoms with Gasteiger partial charge in [0.2, 0.25) is 0 Å². The average Bonchev–Trinajstić information content (AvgIpc) is 2.27. The summed E-state index contributed by atoms with van der Waals surface area (Å²) < 4.78 is 9.38. The van der Waals surface area contributed by atoms with Gasteiger partial charge in [-0.2, -0.15) is 0 Å². The standard InChI is InChI=1S/C10H11NO3/c1-13-8-5-3-7(4-6-8)9(11)10(12)14-2/h3-6,11H,1-2H3. The molecule has 0 saturated heterocycles. The molecule has 74 valence electrons. The zero-order chi connectivity index (χ0) is 10.6. The summed E-state index contributed by atoms with van der Waals surface area (Å²) in [6, 6.07) is 6.65. The van der Waals surface area contributed by atoms with Gasteiger partial charge in [-0.25, -0.2) is 4.79 Å². The minimum absolute atomic E-state index is 0.157. The van der Waals surface area contributed by atoms with Crippen LogP contribution in [0.3, 0.4) is 0 Å². The Labute approximate surface area is 82.0 Å². The summed E-state index contributed by atoms with van der Waals surface area (Å²) in [5.74, 6) is 0.0431. The molecule has 4 nitrogen and oxygen atoms in total. The van der Waals surface area contributed by atoms with Crippen molar-refractivity contribution < 1.29 is 14.3 Å². The third kappa shape index (κ3) is 2.10. The minimum Gasteiger partial charge on any atom is -0.497 e. The van der Waals surface area contributed by atoms with Gasteiger partial charge in [-0.1, -0.05) is 0 Å². The van der Waals surface area contributed by atoms with Crippen molar-refractivity contribution in [3.05, 3.63) is 29.8 Å². The van der Waals surface area contributed by atoms with Gasteiger partial charge in [0, 0.05) is 5.56 Å². The molecule has 0 amide bonds. The van der Waals surface area contributed by atoms with Gasteiger partial charge in [-0.05, 0) is 24.3 Å². The molecule has 0 unspecified atom stereocenters. The number of carbonyl (C=O) groups is 1. The number of carbonyl (C=O) groups excluding carboxylic acids is 1. The van der Waals surface area contributed by atoms with Crippen molar-refractivity contribution in [3.8, 4) is 5.75 Å². The molecule has 0 aliphatic carbocycles. The van der Waals surface area contributed by atoms with E-state index in [9.17, 15) is 4.79 Å². The van der Waals surface area contributed by atoms with E-state index in [-0.39, 0.29) is 5.71 Å². The second-order valence-corrected chi connectivity index (χ2v) is 2.60.